The average molecular weight is 349 g/mol. The molecule has 3 heterocycles. The lowest BCUT2D eigenvalue weighted by Crippen LogP contribution is -2.48. The van der Waals surface area contributed by atoms with Crippen LogP contribution in [0.15, 0.2) is 15.9 Å². The van der Waals surface area contributed by atoms with Crippen molar-refractivity contribution < 1.29 is 9.53 Å². The molecule has 0 aliphatic carbocycles. The minimum Gasteiger partial charge on any atom is -0.372 e. The number of aromatic nitrogens is 4. The molecule has 0 unspecified atom stereocenters. The standard InChI is InChI=1S/C16H23N5O4/c1-10-7-21(8-11(2)25-10)12(22)5-6-20-9-17-14-13(20)15(23)19(4)16(24)18(14)3/h9-11H,5-8H2,1-4H3/t10-,11-/m0/s1. The molecule has 2 atom stereocenters. The quantitative estimate of drug-likeness (QED) is 0.742. The van der Waals surface area contributed by atoms with Gasteiger partial charge in [0, 0.05) is 40.2 Å². The number of ether oxygens (including phenoxy) is 1. The lowest BCUT2D eigenvalue weighted by Gasteiger charge is -2.35. The molecule has 2 aromatic heterocycles. The second kappa shape index (κ2) is 6.47. The van der Waals surface area contributed by atoms with Crippen molar-refractivity contribution >= 4 is 17.1 Å². The Morgan fingerprint density at radius 3 is 2.48 bits per heavy atom. The molecule has 25 heavy (non-hydrogen) atoms. The average Bonchev–Trinajstić information content (AvgIpc) is 2.99. The van der Waals surface area contributed by atoms with Gasteiger partial charge in [0.15, 0.2) is 11.2 Å². The number of nitrogens with zero attached hydrogens (tertiary/aromatic N) is 5. The first-order valence-electron chi connectivity index (χ1n) is 8.33. The fourth-order valence-corrected chi connectivity index (χ4v) is 3.32. The van der Waals surface area contributed by atoms with Crippen LogP contribution >= 0.6 is 0 Å². The monoisotopic (exact) mass is 349 g/mol. The van der Waals surface area contributed by atoms with Crippen molar-refractivity contribution in [2.75, 3.05) is 13.1 Å². The molecule has 0 radical (unpaired) electrons. The highest BCUT2D eigenvalue weighted by Gasteiger charge is 2.25. The molecular weight excluding hydrogens is 326 g/mol. The van der Waals surface area contributed by atoms with E-state index in [1.807, 2.05) is 13.8 Å². The van der Waals surface area contributed by atoms with Crippen LogP contribution in [0.2, 0.25) is 0 Å². The van der Waals surface area contributed by atoms with Crippen LogP contribution in [0.3, 0.4) is 0 Å². The SMILES string of the molecule is C[C@H]1CN(C(=O)CCn2cnc3c2c(=O)n(C)c(=O)n3C)C[C@H](C)O1. The third-order valence-corrected chi connectivity index (χ3v) is 4.56. The number of aryl methyl sites for hydroxylation is 2. The van der Waals surface area contributed by atoms with Crippen molar-refractivity contribution in [1.29, 1.82) is 0 Å². The van der Waals surface area contributed by atoms with Crippen LogP contribution in [0.1, 0.15) is 20.3 Å². The Balaban J connectivity index is 1.81. The molecule has 9 heteroatoms. The van der Waals surface area contributed by atoms with E-state index >= 15 is 0 Å². The van der Waals surface area contributed by atoms with Gasteiger partial charge in [0.05, 0.1) is 18.5 Å². The van der Waals surface area contributed by atoms with Crippen molar-refractivity contribution in [3.8, 4) is 0 Å². The summed E-state index contributed by atoms with van der Waals surface area (Å²) >= 11 is 0. The van der Waals surface area contributed by atoms with Crippen LogP contribution in [0.4, 0.5) is 0 Å². The largest absolute Gasteiger partial charge is 0.372 e. The lowest BCUT2D eigenvalue weighted by atomic mass is 10.2. The van der Waals surface area contributed by atoms with Gasteiger partial charge in [-0.15, -0.1) is 0 Å². The second-order valence-corrected chi connectivity index (χ2v) is 6.62. The van der Waals surface area contributed by atoms with E-state index in [1.54, 1.807) is 16.5 Å². The Bertz CT molecular complexity index is 915. The van der Waals surface area contributed by atoms with Crippen LogP contribution in [-0.4, -0.2) is 54.8 Å². The van der Waals surface area contributed by atoms with E-state index in [0.717, 1.165) is 4.57 Å². The molecule has 0 aromatic carbocycles. The summed E-state index contributed by atoms with van der Waals surface area (Å²) in [5.41, 5.74) is -0.165. The number of fused-ring (bicyclic) bond motifs is 1. The van der Waals surface area contributed by atoms with E-state index in [9.17, 15) is 14.4 Å². The van der Waals surface area contributed by atoms with Gasteiger partial charge < -0.3 is 14.2 Å². The van der Waals surface area contributed by atoms with Gasteiger partial charge in [-0.3, -0.25) is 18.7 Å². The summed E-state index contributed by atoms with van der Waals surface area (Å²) in [7, 11) is 3.01. The molecule has 1 saturated heterocycles. The molecule has 1 amide bonds. The number of imidazole rings is 1. The maximum Gasteiger partial charge on any atom is 0.332 e. The van der Waals surface area contributed by atoms with E-state index in [2.05, 4.69) is 4.98 Å². The van der Waals surface area contributed by atoms with E-state index in [-0.39, 0.29) is 24.5 Å². The van der Waals surface area contributed by atoms with Gasteiger partial charge in [0.1, 0.15) is 0 Å². The van der Waals surface area contributed by atoms with Crippen LogP contribution in [-0.2, 0) is 30.2 Å². The van der Waals surface area contributed by atoms with Crippen molar-refractivity contribution in [2.45, 2.75) is 39.0 Å². The Morgan fingerprint density at radius 1 is 1.20 bits per heavy atom. The van der Waals surface area contributed by atoms with Gasteiger partial charge in [-0.25, -0.2) is 9.78 Å². The van der Waals surface area contributed by atoms with Crippen molar-refractivity contribution in [1.82, 2.24) is 23.6 Å². The fourth-order valence-electron chi connectivity index (χ4n) is 3.32. The van der Waals surface area contributed by atoms with Gasteiger partial charge in [0.25, 0.3) is 5.56 Å². The summed E-state index contributed by atoms with van der Waals surface area (Å²) in [6, 6.07) is 0. The predicted molar refractivity (Wildman–Crippen MR) is 91.4 cm³/mol. The number of rotatable bonds is 3. The minimum absolute atomic E-state index is 0.0172. The smallest absolute Gasteiger partial charge is 0.332 e. The molecule has 0 saturated carbocycles. The highest BCUT2D eigenvalue weighted by molar-refractivity contribution is 5.77. The predicted octanol–water partition coefficient (Wildman–Crippen LogP) is -0.540. The first kappa shape index (κ1) is 17.4. The van der Waals surface area contributed by atoms with Crippen LogP contribution in [0.5, 0.6) is 0 Å². The van der Waals surface area contributed by atoms with E-state index in [4.69, 9.17) is 4.74 Å². The summed E-state index contributed by atoms with van der Waals surface area (Å²) in [5, 5.41) is 0. The summed E-state index contributed by atoms with van der Waals surface area (Å²) in [5.74, 6) is 0.0190. The Kier molecular flexibility index (Phi) is 4.51. The molecule has 1 fully saturated rings. The molecule has 1 aliphatic rings. The van der Waals surface area contributed by atoms with Crippen LogP contribution in [0, 0.1) is 0 Å². The molecule has 1 aliphatic heterocycles. The normalized spacial score (nSPS) is 21.0. The van der Waals surface area contributed by atoms with Gasteiger partial charge >= 0.3 is 5.69 Å². The van der Waals surface area contributed by atoms with Crippen molar-refractivity contribution in [3.05, 3.63) is 27.2 Å². The summed E-state index contributed by atoms with van der Waals surface area (Å²) in [4.78, 5) is 42.8. The van der Waals surface area contributed by atoms with Gasteiger partial charge in [-0.05, 0) is 13.8 Å². The Labute approximate surface area is 144 Å². The molecule has 2 aromatic rings. The zero-order valence-electron chi connectivity index (χ0n) is 14.9. The highest BCUT2D eigenvalue weighted by atomic mass is 16.5. The van der Waals surface area contributed by atoms with Gasteiger partial charge in [-0.2, -0.15) is 0 Å². The summed E-state index contributed by atoms with van der Waals surface area (Å²) in [6.45, 7) is 5.38. The number of carbonyl (C=O) groups excluding carboxylic acids is 1. The zero-order chi connectivity index (χ0) is 18.3. The molecule has 0 bridgehead atoms. The van der Waals surface area contributed by atoms with Gasteiger partial charge in [0.2, 0.25) is 5.91 Å². The van der Waals surface area contributed by atoms with E-state index in [0.29, 0.717) is 30.8 Å². The number of carbonyl (C=O) groups is 1. The number of hydrogen-bond donors (Lipinski definition) is 0. The minimum atomic E-state index is -0.421. The first-order chi connectivity index (χ1) is 11.8. The van der Waals surface area contributed by atoms with E-state index in [1.165, 1.54) is 17.9 Å². The maximum absolute atomic E-state index is 12.5. The lowest BCUT2D eigenvalue weighted by molar-refractivity contribution is -0.143. The summed E-state index contributed by atoms with van der Waals surface area (Å²) < 4.78 is 9.67. The first-order valence-corrected chi connectivity index (χ1v) is 8.33. The third kappa shape index (κ3) is 3.11. The molecule has 0 spiro atoms. The number of morpholine rings is 1. The Hall–Kier alpha value is -2.42. The number of amides is 1. The maximum atomic E-state index is 12.5. The Morgan fingerprint density at radius 2 is 1.84 bits per heavy atom. The highest BCUT2D eigenvalue weighted by Crippen LogP contribution is 2.13. The molecule has 3 rings (SSSR count). The zero-order valence-corrected chi connectivity index (χ0v) is 14.9. The van der Waals surface area contributed by atoms with Crippen LogP contribution in [0.25, 0.3) is 11.2 Å². The van der Waals surface area contributed by atoms with Crippen LogP contribution < -0.4 is 11.2 Å². The summed E-state index contributed by atoms with van der Waals surface area (Å²) in [6.07, 6.45) is 1.80. The molecule has 0 N–H and O–H groups in total. The van der Waals surface area contributed by atoms with Crippen molar-refractivity contribution in [3.63, 3.8) is 0 Å². The van der Waals surface area contributed by atoms with Gasteiger partial charge in [-0.1, -0.05) is 0 Å². The number of hydrogen-bond acceptors (Lipinski definition) is 5. The third-order valence-electron chi connectivity index (χ3n) is 4.56. The second-order valence-electron chi connectivity index (χ2n) is 6.62. The topological polar surface area (TPSA) is 91.4 Å². The molecule has 136 valence electrons. The molecule has 9 nitrogen and oxygen atoms in total. The fraction of sp³-hybridized carbons (Fsp3) is 0.625. The van der Waals surface area contributed by atoms with Crippen molar-refractivity contribution in [2.24, 2.45) is 14.1 Å². The molecular formula is C16H23N5O4. The van der Waals surface area contributed by atoms with E-state index < -0.39 is 11.2 Å².